The molecule has 0 N–H and O–H groups in total. The van der Waals surface area contributed by atoms with Crippen molar-refractivity contribution < 1.29 is 4.39 Å². The first-order valence-corrected chi connectivity index (χ1v) is 7.31. The predicted molar refractivity (Wildman–Crippen MR) is 80.5 cm³/mol. The molecule has 0 amide bonds. The van der Waals surface area contributed by atoms with Crippen molar-refractivity contribution in [3.8, 4) is 0 Å². The molecule has 1 aliphatic rings. The second-order valence-electron chi connectivity index (χ2n) is 5.38. The van der Waals surface area contributed by atoms with Gasteiger partial charge in [0.15, 0.2) is 0 Å². The molecule has 20 heavy (non-hydrogen) atoms. The van der Waals surface area contributed by atoms with Gasteiger partial charge in [0.05, 0.1) is 5.02 Å². The van der Waals surface area contributed by atoms with E-state index in [0.717, 1.165) is 31.6 Å². The summed E-state index contributed by atoms with van der Waals surface area (Å²) in [6.45, 7) is 3.01. The molecule has 0 aromatic heterocycles. The Morgan fingerprint density at radius 3 is 2.70 bits per heavy atom. The van der Waals surface area contributed by atoms with Crippen LogP contribution in [0.25, 0.3) is 0 Å². The third kappa shape index (κ3) is 3.02. The Bertz CT molecular complexity index is 585. The topological polar surface area (TPSA) is 3.24 Å². The van der Waals surface area contributed by atoms with E-state index < -0.39 is 0 Å². The minimum absolute atomic E-state index is 0.202. The van der Waals surface area contributed by atoms with Crippen LogP contribution in [0.3, 0.4) is 0 Å². The first-order chi connectivity index (χ1) is 9.72. The standard InChI is InChI=1S/C17H17ClFN/c18-16-7-6-14(10-17(16)19)15-8-9-20(12-15)11-13-4-2-1-3-5-13/h1-7,10,15H,8-9,11-12H2. The molecule has 3 heteroatoms. The van der Waals surface area contributed by atoms with E-state index in [2.05, 4.69) is 29.2 Å². The number of rotatable bonds is 3. The number of hydrogen-bond donors (Lipinski definition) is 0. The van der Waals surface area contributed by atoms with Gasteiger partial charge in [-0.05, 0) is 42.1 Å². The molecule has 0 saturated carbocycles. The summed E-state index contributed by atoms with van der Waals surface area (Å²) in [5, 5.41) is 0.202. The zero-order valence-electron chi connectivity index (χ0n) is 11.2. The van der Waals surface area contributed by atoms with Gasteiger partial charge >= 0.3 is 0 Å². The lowest BCUT2D eigenvalue weighted by Gasteiger charge is -2.16. The van der Waals surface area contributed by atoms with Crippen molar-refractivity contribution in [1.82, 2.24) is 4.90 Å². The van der Waals surface area contributed by atoms with E-state index in [-0.39, 0.29) is 10.8 Å². The zero-order valence-corrected chi connectivity index (χ0v) is 12.0. The maximum atomic E-state index is 13.5. The molecule has 1 unspecified atom stereocenters. The highest BCUT2D eigenvalue weighted by Crippen LogP contribution is 2.30. The summed E-state index contributed by atoms with van der Waals surface area (Å²) < 4.78 is 13.5. The number of benzene rings is 2. The maximum absolute atomic E-state index is 13.5. The van der Waals surface area contributed by atoms with Gasteiger partial charge in [0, 0.05) is 13.1 Å². The molecular weight excluding hydrogens is 273 g/mol. The summed E-state index contributed by atoms with van der Waals surface area (Å²) in [6, 6.07) is 15.7. The van der Waals surface area contributed by atoms with Gasteiger partial charge in [0.2, 0.25) is 0 Å². The van der Waals surface area contributed by atoms with Crippen molar-refractivity contribution >= 4 is 11.6 Å². The number of hydrogen-bond acceptors (Lipinski definition) is 1. The number of nitrogens with zero attached hydrogens (tertiary/aromatic N) is 1. The average Bonchev–Trinajstić information content (AvgIpc) is 2.91. The molecule has 0 spiro atoms. The summed E-state index contributed by atoms with van der Waals surface area (Å²) in [7, 11) is 0. The minimum atomic E-state index is -0.314. The first-order valence-electron chi connectivity index (χ1n) is 6.93. The second kappa shape index (κ2) is 5.94. The van der Waals surface area contributed by atoms with E-state index in [1.165, 1.54) is 5.56 Å². The van der Waals surface area contributed by atoms with E-state index in [1.807, 2.05) is 12.1 Å². The van der Waals surface area contributed by atoms with Crippen molar-refractivity contribution in [2.45, 2.75) is 18.9 Å². The molecule has 0 radical (unpaired) electrons. The van der Waals surface area contributed by atoms with Crippen LogP contribution in [0.2, 0.25) is 5.02 Å². The maximum Gasteiger partial charge on any atom is 0.142 e. The lowest BCUT2D eigenvalue weighted by Crippen LogP contribution is -2.19. The van der Waals surface area contributed by atoms with Crippen LogP contribution in [-0.2, 0) is 6.54 Å². The van der Waals surface area contributed by atoms with Crippen LogP contribution >= 0.6 is 11.6 Å². The van der Waals surface area contributed by atoms with Gasteiger partial charge in [0.25, 0.3) is 0 Å². The molecule has 2 aromatic carbocycles. The highest BCUT2D eigenvalue weighted by molar-refractivity contribution is 6.30. The van der Waals surface area contributed by atoms with Crippen LogP contribution in [-0.4, -0.2) is 18.0 Å². The van der Waals surface area contributed by atoms with Gasteiger partial charge in [-0.25, -0.2) is 4.39 Å². The Hall–Kier alpha value is -1.38. The zero-order chi connectivity index (χ0) is 13.9. The Morgan fingerprint density at radius 1 is 1.15 bits per heavy atom. The molecule has 2 aromatic rings. The summed E-state index contributed by atoms with van der Waals surface area (Å²) in [6.07, 6.45) is 1.08. The third-order valence-electron chi connectivity index (χ3n) is 3.94. The Morgan fingerprint density at radius 2 is 1.95 bits per heavy atom. The smallest absolute Gasteiger partial charge is 0.142 e. The quantitative estimate of drug-likeness (QED) is 0.806. The molecule has 1 saturated heterocycles. The molecule has 104 valence electrons. The van der Waals surface area contributed by atoms with Crippen LogP contribution in [0, 0.1) is 5.82 Å². The first kappa shape index (κ1) is 13.6. The Balaban J connectivity index is 1.66. The lowest BCUT2D eigenvalue weighted by molar-refractivity contribution is 0.327. The van der Waals surface area contributed by atoms with E-state index in [4.69, 9.17) is 11.6 Å². The van der Waals surface area contributed by atoms with E-state index in [1.54, 1.807) is 12.1 Å². The van der Waals surface area contributed by atoms with Gasteiger partial charge in [-0.3, -0.25) is 4.90 Å². The van der Waals surface area contributed by atoms with Crippen LogP contribution in [0.4, 0.5) is 4.39 Å². The van der Waals surface area contributed by atoms with Crippen LogP contribution in [0.5, 0.6) is 0 Å². The van der Waals surface area contributed by atoms with Gasteiger partial charge in [0.1, 0.15) is 5.82 Å². The van der Waals surface area contributed by atoms with Gasteiger partial charge in [-0.15, -0.1) is 0 Å². The second-order valence-corrected chi connectivity index (χ2v) is 5.79. The van der Waals surface area contributed by atoms with Crippen molar-refractivity contribution in [2.75, 3.05) is 13.1 Å². The molecule has 1 atom stereocenters. The van der Waals surface area contributed by atoms with E-state index in [9.17, 15) is 4.39 Å². The molecule has 1 heterocycles. The SMILES string of the molecule is Fc1cc(C2CCN(Cc3ccccc3)C2)ccc1Cl. The van der Waals surface area contributed by atoms with Crippen molar-refractivity contribution in [1.29, 1.82) is 0 Å². The summed E-state index contributed by atoms with van der Waals surface area (Å²) in [5.41, 5.74) is 2.39. The Kier molecular flexibility index (Phi) is 4.04. The summed E-state index contributed by atoms with van der Waals surface area (Å²) >= 11 is 5.74. The highest BCUT2D eigenvalue weighted by atomic mass is 35.5. The van der Waals surface area contributed by atoms with Crippen molar-refractivity contribution in [2.24, 2.45) is 0 Å². The fraction of sp³-hybridized carbons (Fsp3) is 0.294. The average molecular weight is 290 g/mol. The molecule has 3 rings (SSSR count). The predicted octanol–water partition coefficient (Wildman–Crippen LogP) is 4.47. The molecule has 1 fully saturated rings. The van der Waals surface area contributed by atoms with Gasteiger partial charge < -0.3 is 0 Å². The van der Waals surface area contributed by atoms with Crippen molar-refractivity contribution in [3.63, 3.8) is 0 Å². The van der Waals surface area contributed by atoms with E-state index in [0.29, 0.717) is 5.92 Å². The van der Waals surface area contributed by atoms with E-state index >= 15 is 0 Å². The van der Waals surface area contributed by atoms with Gasteiger partial charge in [-0.1, -0.05) is 48.0 Å². The van der Waals surface area contributed by atoms with Crippen LogP contribution in [0.15, 0.2) is 48.5 Å². The number of likely N-dealkylation sites (tertiary alicyclic amines) is 1. The monoisotopic (exact) mass is 289 g/mol. The highest BCUT2D eigenvalue weighted by Gasteiger charge is 2.24. The molecule has 1 aliphatic heterocycles. The number of halogens is 2. The van der Waals surface area contributed by atoms with Crippen LogP contribution in [0.1, 0.15) is 23.5 Å². The molecule has 0 aliphatic carbocycles. The lowest BCUT2D eigenvalue weighted by atomic mass is 9.98. The largest absolute Gasteiger partial charge is 0.298 e. The molecular formula is C17H17ClFN. The summed E-state index contributed by atoms with van der Waals surface area (Å²) in [5.74, 6) is 0.0937. The molecule has 1 nitrogen and oxygen atoms in total. The fourth-order valence-corrected chi connectivity index (χ4v) is 2.97. The Labute approximate surface area is 124 Å². The summed E-state index contributed by atoms with van der Waals surface area (Å²) in [4.78, 5) is 2.42. The van der Waals surface area contributed by atoms with Gasteiger partial charge in [-0.2, -0.15) is 0 Å². The normalized spacial score (nSPS) is 19.4. The molecule has 0 bridgehead atoms. The third-order valence-corrected chi connectivity index (χ3v) is 4.24. The minimum Gasteiger partial charge on any atom is -0.298 e. The van der Waals surface area contributed by atoms with Crippen molar-refractivity contribution in [3.05, 3.63) is 70.5 Å². The fourth-order valence-electron chi connectivity index (χ4n) is 2.86. The van der Waals surface area contributed by atoms with Crippen LogP contribution < -0.4 is 0 Å².